The molecule has 1 amide bonds. The molecule has 0 aromatic heterocycles. The van der Waals surface area contributed by atoms with Gasteiger partial charge < -0.3 is 9.80 Å². The smallest absolute Gasteiger partial charge is 0.278 e. The van der Waals surface area contributed by atoms with Crippen molar-refractivity contribution in [2.24, 2.45) is 0 Å². The normalized spacial score (nSPS) is 17.4. The number of benzene rings is 2. The molecule has 0 spiro atoms. The van der Waals surface area contributed by atoms with Gasteiger partial charge in [-0.15, -0.1) is 0 Å². The topological polar surface area (TPSA) is 48.5 Å². The van der Waals surface area contributed by atoms with Crippen LogP contribution in [0.5, 0.6) is 0 Å². The van der Waals surface area contributed by atoms with Gasteiger partial charge in [-0.3, -0.25) is 4.79 Å². The Hall–Kier alpha value is -2.38. The minimum Gasteiger partial charge on any atom is -0.326 e. The highest BCUT2D eigenvalue weighted by atomic mass is 16.2. The Morgan fingerprint density at radius 3 is 2.54 bits per heavy atom. The second kappa shape index (κ2) is 7.88. The zero-order valence-corrected chi connectivity index (χ0v) is 15.8. The number of fused-ring (bicyclic) bond motifs is 1. The van der Waals surface area contributed by atoms with E-state index in [1.165, 1.54) is 22.8 Å². The average molecular weight is 350 g/mol. The number of hydrogen-bond donors (Lipinski definition) is 1. The second-order valence-electron chi connectivity index (χ2n) is 7.65. The Balaban J connectivity index is 1.63. The first kappa shape index (κ1) is 18.4. The highest BCUT2D eigenvalue weighted by molar-refractivity contribution is 5.83. The third kappa shape index (κ3) is 3.89. The Morgan fingerprint density at radius 2 is 1.85 bits per heavy atom. The van der Waals surface area contributed by atoms with E-state index in [1.54, 1.807) is 11.9 Å². The van der Waals surface area contributed by atoms with Crippen molar-refractivity contribution in [3.63, 3.8) is 0 Å². The van der Waals surface area contributed by atoms with Gasteiger partial charge in [0.1, 0.15) is 12.1 Å². The van der Waals surface area contributed by atoms with E-state index in [-0.39, 0.29) is 5.91 Å². The summed E-state index contributed by atoms with van der Waals surface area (Å²) in [4.78, 5) is 15.6. The van der Waals surface area contributed by atoms with Crippen LogP contribution in [0.2, 0.25) is 0 Å². The van der Waals surface area contributed by atoms with Crippen molar-refractivity contribution in [2.75, 3.05) is 20.6 Å². The molecule has 2 aromatic rings. The first-order chi connectivity index (χ1) is 12.5. The number of likely N-dealkylation sites (N-methyl/N-ethyl adjacent to an activating group) is 2. The van der Waals surface area contributed by atoms with Crippen molar-refractivity contribution in [3.8, 4) is 6.07 Å². The molecule has 1 atom stereocenters. The van der Waals surface area contributed by atoms with Crippen LogP contribution in [0.15, 0.2) is 42.5 Å². The van der Waals surface area contributed by atoms with Crippen LogP contribution >= 0.6 is 0 Å². The van der Waals surface area contributed by atoms with Crippen LogP contribution in [0.4, 0.5) is 0 Å². The van der Waals surface area contributed by atoms with E-state index in [0.717, 1.165) is 37.1 Å². The molecule has 0 heterocycles. The lowest BCUT2D eigenvalue weighted by atomic mass is 9.81. The van der Waals surface area contributed by atoms with Gasteiger partial charge in [0, 0.05) is 12.6 Å². The van der Waals surface area contributed by atoms with Gasteiger partial charge in [-0.1, -0.05) is 55.7 Å². The van der Waals surface area contributed by atoms with Crippen molar-refractivity contribution in [1.82, 2.24) is 4.90 Å². The van der Waals surface area contributed by atoms with E-state index >= 15 is 0 Å². The van der Waals surface area contributed by atoms with Crippen molar-refractivity contribution >= 4 is 16.7 Å². The number of nitrogens with zero attached hydrogens (tertiary/aromatic N) is 2. The number of amides is 1. The maximum atomic E-state index is 12.8. The number of hydrogen-bond acceptors (Lipinski definition) is 2. The first-order valence-corrected chi connectivity index (χ1v) is 9.51. The van der Waals surface area contributed by atoms with Crippen LogP contribution in [-0.4, -0.2) is 37.0 Å². The second-order valence-corrected chi connectivity index (χ2v) is 7.65. The summed E-state index contributed by atoms with van der Waals surface area (Å²) < 4.78 is 0. The molecule has 26 heavy (non-hydrogen) atoms. The number of rotatable bonds is 5. The van der Waals surface area contributed by atoms with Crippen LogP contribution in [0.1, 0.15) is 37.7 Å². The average Bonchev–Trinajstić information content (AvgIpc) is 2.67. The van der Waals surface area contributed by atoms with Gasteiger partial charge in [0.15, 0.2) is 6.54 Å². The highest BCUT2D eigenvalue weighted by Crippen LogP contribution is 2.32. The van der Waals surface area contributed by atoms with Crippen molar-refractivity contribution in [1.29, 1.82) is 5.26 Å². The van der Waals surface area contributed by atoms with E-state index in [0.29, 0.717) is 6.54 Å². The van der Waals surface area contributed by atoms with Gasteiger partial charge in [-0.05, 0) is 29.7 Å². The standard InChI is InChI=1S/C22H27N3O/c1-24(15-18-10-11-19-8-4-5-9-20(19)14-18)16-21(26)25(2)22(17-23)12-6-3-7-13-22/h4-5,8-11,14H,3,6-7,12-13,15-16H2,1-2H3/p+1. The fraction of sp³-hybridized carbons (Fsp3) is 0.455. The monoisotopic (exact) mass is 350 g/mol. The molecular formula is C22H28N3O+. The largest absolute Gasteiger partial charge is 0.326 e. The third-order valence-corrected chi connectivity index (χ3v) is 5.68. The van der Waals surface area contributed by atoms with Gasteiger partial charge in [-0.2, -0.15) is 5.26 Å². The first-order valence-electron chi connectivity index (χ1n) is 9.51. The lowest BCUT2D eigenvalue weighted by Crippen LogP contribution is -3.09. The predicted octanol–water partition coefficient (Wildman–Crippen LogP) is 2.54. The van der Waals surface area contributed by atoms with Crippen LogP contribution < -0.4 is 4.90 Å². The fourth-order valence-electron chi connectivity index (χ4n) is 4.03. The number of quaternary nitrogens is 1. The Morgan fingerprint density at radius 1 is 1.15 bits per heavy atom. The fourth-order valence-corrected chi connectivity index (χ4v) is 4.03. The van der Waals surface area contributed by atoms with Gasteiger partial charge in [-0.25, -0.2) is 0 Å². The molecule has 0 aliphatic heterocycles. The van der Waals surface area contributed by atoms with Crippen molar-refractivity contribution in [3.05, 3.63) is 48.0 Å². The molecule has 1 N–H and O–H groups in total. The molecule has 3 rings (SSSR count). The maximum Gasteiger partial charge on any atom is 0.278 e. The van der Waals surface area contributed by atoms with Crippen molar-refractivity contribution in [2.45, 2.75) is 44.2 Å². The van der Waals surface area contributed by atoms with Gasteiger partial charge >= 0.3 is 0 Å². The minimum absolute atomic E-state index is 0.0618. The molecule has 2 aromatic carbocycles. The molecule has 1 unspecified atom stereocenters. The summed E-state index contributed by atoms with van der Waals surface area (Å²) in [7, 11) is 3.85. The molecule has 1 fully saturated rings. The maximum absolute atomic E-state index is 12.8. The van der Waals surface area contributed by atoms with Crippen molar-refractivity contribution < 1.29 is 9.69 Å². The molecular weight excluding hydrogens is 322 g/mol. The number of nitrogens with one attached hydrogen (secondary N) is 1. The molecule has 0 bridgehead atoms. The molecule has 0 radical (unpaired) electrons. The van der Waals surface area contributed by atoms with E-state index in [9.17, 15) is 10.1 Å². The lowest BCUT2D eigenvalue weighted by Gasteiger charge is -2.39. The SMILES string of the molecule is CN(C(=O)C[NH+](C)Cc1ccc2ccccc2c1)C1(C#N)CCCCC1. The molecule has 1 aliphatic rings. The number of carbonyl (C=O) groups excluding carboxylic acids is 1. The zero-order valence-electron chi connectivity index (χ0n) is 15.8. The van der Waals surface area contributed by atoms with Crippen LogP contribution in [0, 0.1) is 11.3 Å². The van der Waals surface area contributed by atoms with Gasteiger partial charge in [0.25, 0.3) is 5.91 Å². The number of nitriles is 1. The Labute approximate surface area is 156 Å². The zero-order chi connectivity index (χ0) is 18.6. The molecule has 136 valence electrons. The molecule has 1 aliphatic carbocycles. The summed E-state index contributed by atoms with van der Waals surface area (Å²) in [6.07, 6.45) is 4.83. The van der Waals surface area contributed by atoms with E-state index in [1.807, 2.05) is 19.2 Å². The molecule has 0 saturated heterocycles. The van der Waals surface area contributed by atoms with E-state index in [2.05, 4.69) is 36.4 Å². The number of carbonyl (C=O) groups is 1. The summed E-state index contributed by atoms with van der Waals surface area (Å²) in [5.74, 6) is 0.0618. The quantitative estimate of drug-likeness (QED) is 0.901. The van der Waals surface area contributed by atoms with E-state index in [4.69, 9.17) is 0 Å². The minimum atomic E-state index is -0.599. The lowest BCUT2D eigenvalue weighted by molar-refractivity contribution is -0.885. The molecule has 4 heteroatoms. The Bertz CT molecular complexity index is 817. The summed E-state index contributed by atoms with van der Waals surface area (Å²) in [6.45, 7) is 1.21. The highest BCUT2D eigenvalue weighted by Gasteiger charge is 2.39. The van der Waals surface area contributed by atoms with E-state index < -0.39 is 5.54 Å². The van der Waals surface area contributed by atoms with Crippen LogP contribution in [-0.2, 0) is 11.3 Å². The predicted molar refractivity (Wildman–Crippen MR) is 104 cm³/mol. The molecule has 4 nitrogen and oxygen atoms in total. The third-order valence-electron chi connectivity index (χ3n) is 5.68. The summed E-state index contributed by atoms with van der Waals surface area (Å²) >= 11 is 0. The summed E-state index contributed by atoms with van der Waals surface area (Å²) in [6, 6.07) is 17.2. The summed E-state index contributed by atoms with van der Waals surface area (Å²) in [5.41, 5.74) is 0.628. The van der Waals surface area contributed by atoms with Gasteiger partial charge in [0.2, 0.25) is 0 Å². The molecule has 1 saturated carbocycles. The Kier molecular flexibility index (Phi) is 5.58. The summed E-state index contributed by atoms with van der Waals surface area (Å²) in [5, 5.41) is 12.1. The van der Waals surface area contributed by atoms with Crippen LogP contribution in [0.3, 0.4) is 0 Å². The van der Waals surface area contributed by atoms with Crippen LogP contribution in [0.25, 0.3) is 10.8 Å². The van der Waals surface area contributed by atoms with Gasteiger partial charge in [0.05, 0.1) is 13.1 Å².